The molecule has 2 atom stereocenters. The number of hydrogen-bond acceptors (Lipinski definition) is 4. The van der Waals surface area contributed by atoms with Gasteiger partial charge in [-0.15, -0.1) is 0 Å². The molecule has 0 aromatic heterocycles. The van der Waals surface area contributed by atoms with E-state index in [0.717, 1.165) is 37.3 Å². The first-order valence-corrected chi connectivity index (χ1v) is 9.27. The maximum atomic E-state index is 12.5. The molecule has 7 nitrogen and oxygen atoms in total. The van der Waals surface area contributed by atoms with Crippen LogP contribution < -0.4 is 19.7 Å². The Morgan fingerprint density at radius 2 is 2.00 bits per heavy atom. The minimum Gasteiger partial charge on any atom is -0.490 e. The molecule has 0 spiro atoms. The molecule has 2 aliphatic heterocycles. The molecule has 2 amide bonds. The Morgan fingerprint density at radius 3 is 2.77 bits per heavy atom. The fourth-order valence-electron chi connectivity index (χ4n) is 3.63. The molecule has 2 aliphatic rings. The van der Waals surface area contributed by atoms with E-state index in [1.807, 2.05) is 6.07 Å². The molecule has 1 fully saturated rings. The Morgan fingerprint density at radius 1 is 1.23 bits per heavy atom. The molecule has 1 unspecified atom stereocenters. The van der Waals surface area contributed by atoms with Crippen LogP contribution in [0, 0.1) is 0 Å². The van der Waals surface area contributed by atoms with Crippen molar-refractivity contribution in [1.29, 1.82) is 0 Å². The second kappa shape index (κ2) is 8.40. The van der Waals surface area contributed by atoms with E-state index in [4.69, 9.17) is 9.47 Å². The SMILES string of the molecule is CNC(=O)CN(C)C(=O)C[NH+]1CCC[C@@H]1c1ccc2c(c1)OCCCO2. The van der Waals surface area contributed by atoms with Crippen LogP contribution in [0.25, 0.3) is 0 Å². The third kappa shape index (κ3) is 4.27. The molecule has 142 valence electrons. The van der Waals surface area contributed by atoms with Crippen molar-refractivity contribution < 1.29 is 24.0 Å². The van der Waals surface area contributed by atoms with Crippen LogP contribution in [0.5, 0.6) is 11.5 Å². The van der Waals surface area contributed by atoms with Crippen LogP contribution in [0.4, 0.5) is 0 Å². The summed E-state index contributed by atoms with van der Waals surface area (Å²) in [6, 6.07) is 6.40. The monoisotopic (exact) mass is 362 g/mol. The van der Waals surface area contributed by atoms with Crippen LogP contribution in [-0.2, 0) is 9.59 Å². The number of likely N-dealkylation sites (tertiary alicyclic amines) is 1. The van der Waals surface area contributed by atoms with Crippen molar-refractivity contribution in [2.45, 2.75) is 25.3 Å². The van der Waals surface area contributed by atoms with E-state index in [0.29, 0.717) is 19.8 Å². The van der Waals surface area contributed by atoms with Crippen molar-refractivity contribution in [2.75, 3.05) is 46.9 Å². The summed E-state index contributed by atoms with van der Waals surface area (Å²) in [5.74, 6) is 1.43. The third-order valence-electron chi connectivity index (χ3n) is 5.12. The molecule has 0 saturated carbocycles. The number of nitrogens with zero attached hydrogens (tertiary/aromatic N) is 1. The first kappa shape index (κ1) is 18.5. The number of fused-ring (bicyclic) bond motifs is 1. The van der Waals surface area contributed by atoms with Gasteiger partial charge >= 0.3 is 0 Å². The van der Waals surface area contributed by atoms with Crippen molar-refractivity contribution in [3.8, 4) is 11.5 Å². The molecule has 7 heteroatoms. The van der Waals surface area contributed by atoms with Crippen LogP contribution in [-0.4, -0.2) is 63.7 Å². The van der Waals surface area contributed by atoms with Crippen molar-refractivity contribution >= 4 is 11.8 Å². The van der Waals surface area contributed by atoms with Gasteiger partial charge in [-0.25, -0.2) is 0 Å². The molecule has 0 radical (unpaired) electrons. The molecular weight excluding hydrogens is 334 g/mol. The molecule has 1 aromatic rings. The van der Waals surface area contributed by atoms with E-state index in [1.165, 1.54) is 15.4 Å². The quantitative estimate of drug-likeness (QED) is 0.759. The van der Waals surface area contributed by atoms with E-state index < -0.39 is 0 Å². The summed E-state index contributed by atoms with van der Waals surface area (Å²) in [6.45, 7) is 2.79. The molecule has 0 bridgehead atoms. The third-order valence-corrected chi connectivity index (χ3v) is 5.12. The van der Waals surface area contributed by atoms with Gasteiger partial charge in [0, 0.05) is 38.9 Å². The summed E-state index contributed by atoms with van der Waals surface area (Å²) in [5, 5.41) is 2.55. The number of carbonyl (C=O) groups excluding carboxylic acids is 2. The normalized spacial score (nSPS) is 21.8. The molecule has 26 heavy (non-hydrogen) atoms. The molecule has 2 heterocycles. The largest absolute Gasteiger partial charge is 0.490 e. The first-order chi connectivity index (χ1) is 12.6. The van der Waals surface area contributed by atoms with Gasteiger partial charge in [-0.1, -0.05) is 0 Å². The molecular formula is C19H28N3O4+. The van der Waals surface area contributed by atoms with Gasteiger partial charge < -0.3 is 24.6 Å². The predicted molar refractivity (Wildman–Crippen MR) is 96.4 cm³/mol. The zero-order valence-corrected chi connectivity index (χ0v) is 15.5. The minimum atomic E-state index is -0.156. The minimum absolute atomic E-state index is 0.00940. The van der Waals surface area contributed by atoms with Crippen molar-refractivity contribution in [2.24, 2.45) is 0 Å². The summed E-state index contributed by atoms with van der Waals surface area (Å²) in [7, 11) is 3.25. The second-order valence-electron chi connectivity index (χ2n) is 6.96. The maximum Gasteiger partial charge on any atom is 0.277 e. The average molecular weight is 362 g/mol. The lowest BCUT2D eigenvalue weighted by Crippen LogP contribution is -3.11. The number of likely N-dealkylation sites (N-methyl/N-ethyl adjacent to an activating group) is 2. The smallest absolute Gasteiger partial charge is 0.277 e. The van der Waals surface area contributed by atoms with Crippen LogP contribution in [0.3, 0.4) is 0 Å². The Balaban J connectivity index is 1.67. The van der Waals surface area contributed by atoms with Gasteiger partial charge in [0.2, 0.25) is 5.91 Å². The first-order valence-electron chi connectivity index (χ1n) is 9.27. The van der Waals surface area contributed by atoms with E-state index >= 15 is 0 Å². The molecule has 1 saturated heterocycles. The number of ether oxygens (including phenoxy) is 2. The molecule has 3 rings (SSSR count). The van der Waals surface area contributed by atoms with E-state index in [-0.39, 0.29) is 24.4 Å². The van der Waals surface area contributed by atoms with Gasteiger partial charge in [-0.05, 0) is 18.2 Å². The van der Waals surface area contributed by atoms with Crippen LogP contribution >= 0.6 is 0 Å². The highest BCUT2D eigenvalue weighted by Crippen LogP contribution is 2.33. The maximum absolute atomic E-state index is 12.5. The number of rotatable bonds is 5. The molecule has 0 aliphatic carbocycles. The van der Waals surface area contributed by atoms with Gasteiger partial charge in [0.1, 0.15) is 6.04 Å². The highest BCUT2D eigenvalue weighted by molar-refractivity contribution is 5.84. The summed E-state index contributed by atoms with van der Waals surface area (Å²) in [5.41, 5.74) is 1.18. The zero-order chi connectivity index (χ0) is 18.5. The van der Waals surface area contributed by atoms with E-state index in [2.05, 4.69) is 17.4 Å². The number of carbonyl (C=O) groups is 2. The molecule has 1 aromatic carbocycles. The summed E-state index contributed by atoms with van der Waals surface area (Å²) < 4.78 is 11.5. The van der Waals surface area contributed by atoms with E-state index in [1.54, 1.807) is 14.1 Å². The summed E-state index contributed by atoms with van der Waals surface area (Å²) in [4.78, 5) is 26.7. The highest BCUT2D eigenvalue weighted by Gasteiger charge is 2.33. The van der Waals surface area contributed by atoms with Crippen molar-refractivity contribution in [3.05, 3.63) is 23.8 Å². The van der Waals surface area contributed by atoms with Gasteiger partial charge in [0.15, 0.2) is 18.0 Å². The van der Waals surface area contributed by atoms with Gasteiger partial charge in [-0.2, -0.15) is 0 Å². The highest BCUT2D eigenvalue weighted by atomic mass is 16.5. The van der Waals surface area contributed by atoms with Gasteiger partial charge in [0.25, 0.3) is 5.91 Å². The summed E-state index contributed by atoms with van der Waals surface area (Å²) >= 11 is 0. The Bertz CT molecular complexity index is 664. The second-order valence-corrected chi connectivity index (χ2v) is 6.96. The number of quaternary nitrogens is 1. The Labute approximate surface area is 154 Å². The van der Waals surface area contributed by atoms with Crippen molar-refractivity contribution in [3.63, 3.8) is 0 Å². The van der Waals surface area contributed by atoms with Crippen LogP contribution in [0.2, 0.25) is 0 Å². The zero-order valence-electron chi connectivity index (χ0n) is 15.5. The number of amides is 2. The number of hydrogen-bond donors (Lipinski definition) is 2. The number of nitrogens with one attached hydrogen (secondary N) is 2. The van der Waals surface area contributed by atoms with Crippen LogP contribution in [0.15, 0.2) is 18.2 Å². The fraction of sp³-hybridized carbons (Fsp3) is 0.579. The lowest BCUT2D eigenvalue weighted by atomic mass is 10.0. The fourth-order valence-corrected chi connectivity index (χ4v) is 3.63. The van der Waals surface area contributed by atoms with Crippen LogP contribution in [0.1, 0.15) is 30.9 Å². The lowest BCUT2D eigenvalue weighted by molar-refractivity contribution is -0.910. The molecule has 2 N–H and O–H groups in total. The lowest BCUT2D eigenvalue weighted by Gasteiger charge is -2.24. The summed E-state index contributed by atoms with van der Waals surface area (Å²) in [6.07, 6.45) is 3.01. The standard InChI is InChI=1S/C19H27N3O4/c1-20-18(23)12-21(2)19(24)13-22-8-3-5-15(22)14-6-7-16-17(11-14)26-10-4-9-25-16/h6-7,11,15H,3-5,8-10,12-13H2,1-2H3,(H,20,23)/p+1/t15-/m1/s1. The van der Waals surface area contributed by atoms with Gasteiger partial charge in [0.05, 0.1) is 26.3 Å². The van der Waals surface area contributed by atoms with Crippen molar-refractivity contribution in [1.82, 2.24) is 10.2 Å². The Hall–Kier alpha value is -2.28. The number of benzene rings is 1. The van der Waals surface area contributed by atoms with Gasteiger partial charge in [-0.3, -0.25) is 9.59 Å². The average Bonchev–Trinajstić information content (AvgIpc) is 2.96. The topological polar surface area (TPSA) is 72.3 Å². The predicted octanol–water partition coefficient (Wildman–Crippen LogP) is -0.228. The Kier molecular flexibility index (Phi) is 5.98. The van der Waals surface area contributed by atoms with E-state index in [9.17, 15) is 9.59 Å².